The van der Waals surface area contributed by atoms with Crippen molar-refractivity contribution in [1.29, 1.82) is 0 Å². The molecule has 2 heterocycles. The van der Waals surface area contributed by atoms with Crippen LogP contribution in [-0.4, -0.2) is 81.8 Å². The van der Waals surface area contributed by atoms with Crippen molar-refractivity contribution >= 4 is 42.6 Å². The number of ether oxygens (including phenoxy) is 3. The summed E-state index contributed by atoms with van der Waals surface area (Å²) in [5.41, 5.74) is 2.21. The quantitative estimate of drug-likeness (QED) is 0.146. The van der Waals surface area contributed by atoms with Gasteiger partial charge in [0.05, 0.1) is 33.4 Å². The fourth-order valence-corrected chi connectivity index (χ4v) is 10.4. The zero-order valence-corrected chi connectivity index (χ0v) is 32.5. The van der Waals surface area contributed by atoms with Gasteiger partial charge in [0.15, 0.2) is 5.82 Å². The van der Waals surface area contributed by atoms with Crippen LogP contribution in [0.4, 0.5) is 0 Å². The van der Waals surface area contributed by atoms with Gasteiger partial charge in [-0.25, -0.2) is 26.2 Å². The second kappa shape index (κ2) is 16.3. The number of sulfonamides is 2. The molecule has 52 heavy (non-hydrogen) atoms. The topological polar surface area (TPSA) is 167 Å². The Balaban J connectivity index is 1.53. The number of hydrogen-bond acceptors (Lipinski definition) is 11. The maximum absolute atomic E-state index is 15.4. The minimum Gasteiger partial charge on any atom is -0.497 e. The third-order valence-electron chi connectivity index (χ3n) is 8.62. The van der Waals surface area contributed by atoms with Gasteiger partial charge in [0.1, 0.15) is 27.0 Å². The number of aromatic nitrogens is 4. The van der Waals surface area contributed by atoms with E-state index in [0.717, 1.165) is 5.56 Å². The van der Waals surface area contributed by atoms with Crippen molar-refractivity contribution in [3.05, 3.63) is 105 Å². The molecule has 1 aliphatic heterocycles. The highest BCUT2D eigenvalue weighted by Gasteiger charge is 2.38. The lowest BCUT2D eigenvalue weighted by Gasteiger charge is -2.26. The van der Waals surface area contributed by atoms with Crippen molar-refractivity contribution in [3.63, 3.8) is 0 Å². The molecule has 0 spiro atoms. The largest absolute Gasteiger partial charge is 0.497 e. The van der Waals surface area contributed by atoms with Crippen LogP contribution in [0.3, 0.4) is 0 Å². The lowest BCUT2D eigenvalue weighted by atomic mass is 10.2. The summed E-state index contributed by atoms with van der Waals surface area (Å²) in [4.78, 5) is -0.825. The maximum Gasteiger partial charge on any atom is 0.245 e. The Kier molecular flexibility index (Phi) is 11.8. The van der Waals surface area contributed by atoms with Crippen LogP contribution in [-0.2, 0) is 39.7 Å². The molecular weight excluding hydrogens is 821 g/mol. The van der Waals surface area contributed by atoms with E-state index in [0.29, 0.717) is 51.5 Å². The zero-order chi connectivity index (χ0) is 36.9. The van der Waals surface area contributed by atoms with E-state index < -0.39 is 35.9 Å². The molecule has 0 bridgehead atoms. The number of tetrazole rings is 1. The molecule has 5 aromatic rings. The summed E-state index contributed by atoms with van der Waals surface area (Å²) in [6.45, 7) is 1.05. The Morgan fingerprint density at radius 1 is 0.808 bits per heavy atom. The Morgan fingerprint density at radius 3 is 1.85 bits per heavy atom. The van der Waals surface area contributed by atoms with E-state index in [1.807, 2.05) is 34.7 Å². The molecule has 1 aromatic heterocycles. The standard InChI is InChI=1S/C35H38IN7O7S2/c1-48-28-10-4-24(5-11-28)21-42(22-25-6-12-29(49-2)13-7-25)52(46,47)34-32(51(44,45)39-27-18-19-37-20-27)17-16-31(36)33(34)35-38-40-41-43(35)23-26-8-14-30(50-3)15-9-26/h4-17,27,37,39H,18-23H2,1-3H3/t27-/m1/s1. The molecule has 0 unspecified atom stereocenters. The number of nitrogens with one attached hydrogen (secondary N) is 2. The van der Waals surface area contributed by atoms with Crippen molar-refractivity contribution in [2.75, 3.05) is 34.4 Å². The number of rotatable bonds is 15. The summed E-state index contributed by atoms with van der Waals surface area (Å²) in [5.74, 6) is 1.98. The van der Waals surface area contributed by atoms with E-state index >= 15 is 8.42 Å². The van der Waals surface area contributed by atoms with Crippen LogP contribution in [0.5, 0.6) is 17.2 Å². The average Bonchev–Trinajstić information content (AvgIpc) is 3.84. The molecular formula is C35H38IN7O7S2. The second-order valence-electron chi connectivity index (χ2n) is 12.0. The van der Waals surface area contributed by atoms with Crippen molar-refractivity contribution in [2.24, 2.45) is 0 Å². The summed E-state index contributed by atoms with van der Waals surface area (Å²) in [6, 6.07) is 23.8. The van der Waals surface area contributed by atoms with Gasteiger partial charge in [-0.3, -0.25) is 0 Å². The number of benzene rings is 4. The first-order chi connectivity index (χ1) is 25.0. The molecule has 1 fully saturated rings. The van der Waals surface area contributed by atoms with Crippen LogP contribution in [0.25, 0.3) is 11.4 Å². The van der Waals surface area contributed by atoms with Gasteiger partial charge < -0.3 is 19.5 Å². The molecule has 274 valence electrons. The van der Waals surface area contributed by atoms with Crippen LogP contribution in [0.15, 0.2) is 94.7 Å². The third kappa shape index (κ3) is 8.39. The van der Waals surface area contributed by atoms with Gasteiger partial charge >= 0.3 is 0 Å². The van der Waals surface area contributed by atoms with Gasteiger partial charge in [-0.15, -0.1) is 5.10 Å². The first-order valence-corrected chi connectivity index (χ1v) is 20.2. The van der Waals surface area contributed by atoms with Crippen molar-refractivity contribution in [1.82, 2.24) is 34.6 Å². The van der Waals surface area contributed by atoms with Gasteiger partial charge in [0.25, 0.3) is 0 Å². The van der Waals surface area contributed by atoms with E-state index in [2.05, 4.69) is 25.6 Å². The van der Waals surface area contributed by atoms with Crippen molar-refractivity contribution < 1.29 is 31.0 Å². The van der Waals surface area contributed by atoms with E-state index in [4.69, 9.17) is 14.2 Å². The molecule has 6 rings (SSSR count). The molecule has 1 saturated heterocycles. The average molecular weight is 860 g/mol. The van der Waals surface area contributed by atoms with Crippen LogP contribution < -0.4 is 24.2 Å². The van der Waals surface area contributed by atoms with E-state index in [-0.39, 0.29) is 31.0 Å². The Labute approximate surface area is 316 Å². The fourth-order valence-electron chi connectivity index (χ4n) is 5.87. The molecule has 0 radical (unpaired) electrons. The zero-order valence-electron chi connectivity index (χ0n) is 28.7. The summed E-state index contributed by atoms with van der Waals surface area (Å²) >= 11 is 2.00. The summed E-state index contributed by atoms with van der Waals surface area (Å²) < 4.78 is 81.1. The highest BCUT2D eigenvalue weighted by molar-refractivity contribution is 14.1. The summed E-state index contributed by atoms with van der Waals surface area (Å²) in [6.07, 6.45) is 0.555. The lowest BCUT2D eigenvalue weighted by Crippen LogP contribution is -2.38. The summed E-state index contributed by atoms with van der Waals surface area (Å²) in [7, 11) is -4.36. The third-order valence-corrected chi connectivity index (χ3v) is 13.1. The van der Waals surface area contributed by atoms with Gasteiger partial charge in [-0.2, -0.15) is 4.31 Å². The Bertz CT molecular complexity index is 2160. The van der Waals surface area contributed by atoms with Crippen LogP contribution in [0, 0.1) is 3.57 Å². The molecule has 4 aromatic carbocycles. The minimum absolute atomic E-state index is 0.0704. The van der Waals surface area contributed by atoms with E-state index in [9.17, 15) is 8.42 Å². The minimum atomic E-state index is -4.65. The number of hydrogen-bond donors (Lipinski definition) is 2. The fraction of sp³-hybridized carbons (Fsp3) is 0.286. The number of nitrogens with zero attached hydrogens (tertiary/aromatic N) is 5. The molecule has 0 saturated carbocycles. The summed E-state index contributed by atoms with van der Waals surface area (Å²) in [5, 5.41) is 15.5. The van der Waals surface area contributed by atoms with Crippen LogP contribution >= 0.6 is 22.6 Å². The highest BCUT2D eigenvalue weighted by Crippen LogP contribution is 2.38. The van der Waals surface area contributed by atoms with Gasteiger partial charge in [0, 0.05) is 29.2 Å². The van der Waals surface area contributed by atoms with Gasteiger partial charge in [0.2, 0.25) is 20.0 Å². The first kappa shape index (κ1) is 37.6. The SMILES string of the molecule is COc1ccc(CN(Cc2ccc(OC)cc2)S(=O)(=O)c2c(S(=O)(=O)N[C@@H]3CCNC3)ccc(I)c2-c2nnnn2Cc2ccc(OC)cc2)cc1. The van der Waals surface area contributed by atoms with Crippen LogP contribution in [0.1, 0.15) is 23.1 Å². The van der Waals surface area contributed by atoms with E-state index in [1.165, 1.54) is 15.1 Å². The van der Waals surface area contributed by atoms with Crippen LogP contribution in [0.2, 0.25) is 0 Å². The highest BCUT2D eigenvalue weighted by atomic mass is 127. The number of methoxy groups -OCH3 is 3. The van der Waals surface area contributed by atoms with Gasteiger partial charge in [-0.1, -0.05) is 36.4 Å². The molecule has 1 aliphatic rings. The first-order valence-electron chi connectivity index (χ1n) is 16.2. The second-order valence-corrected chi connectivity index (χ2v) is 16.8. The molecule has 17 heteroatoms. The van der Waals surface area contributed by atoms with E-state index in [1.54, 1.807) is 88.1 Å². The molecule has 2 N–H and O–H groups in total. The van der Waals surface area contributed by atoms with Gasteiger partial charge in [-0.05, 0) is 111 Å². The molecule has 14 nitrogen and oxygen atoms in total. The number of halogens is 1. The molecule has 1 atom stereocenters. The Morgan fingerprint density at radius 2 is 1.35 bits per heavy atom. The predicted molar refractivity (Wildman–Crippen MR) is 202 cm³/mol. The van der Waals surface area contributed by atoms with Crippen molar-refractivity contribution in [2.45, 2.75) is 41.9 Å². The maximum atomic E-state index is 15.4. The smallest absolute Gasteiger partial charge is 0.245 e. The monoisotopic (exact) mass is 859 g/mol. The predicted octanol–water partition coefficient (Wildman–Crippen LogP) is 4.05. The normalized spacial score (nSPS) is 14.8. The molecule has 0 amide bonds. The van der Waals surface area contributed by atoms with Crippen molar-refractivity contribution in [3.8, 4) is 28.6 Å². The lowest BCUT2D eigenvalue weighted by molar-refractivity contribution is 0.396. The molecule has 0 aliphatic carbocycles. The Hall–Kier alpha value is -4.14.